The van der Waals surface area contributed by atoms with Gasteiger partial charge >= 0.3 is 0 Å². The van der Waals surface area contributed by atoms with Gasteiger partial charge in [0.25, 0.3) is 5.91 Å². The van der Waals surface area contributed by atoms with Gasteiger partial charge in [-0.05, 0) is 85.5 Å². The number of amides is 1. The van der Waals surface area contributed by atoms with Crippen LogP contribution in [-0.2, 0) is 4.84 Å². The summed E-state index contributed by atoms with van der Waals surface area (Å²) in [6.45, 7) is 2.23. The second-order valence-electron chi connectivity index (χ2n) is 9.30. The summed E-state index contributed by atoms with van der Waals surface area (Å²) in [4.78, 5) is 30.1. The molecule has 1 amide bonds. The second-order valence-corrected chi connectivity index (χ2v) is 9.30. The number of carbonyl (C=O) groups excluding carboxylic acids is 1. The Balaban J connectivity index is 1.31. The van der Waals surface area contributed by atoms with Gasteiger partial charge < -0.3 is 4.98 Å². The third-order valence-electron chi connectivity index (χ3n) is 7.39. The number of benzene rings is 2. The van der Waals surface area contributed by atoms with Crippen molar-refractivity contribution in [2.24, 2.45) is 5.92 Å². The fourth-order valence-electron chi connectivity index (χ4n) is 5.29. The van der Waals surface area contributed by atoms with E-state index in [9.17, 15) is 9.18 Å². The van der Waals surface area contributed by atoms with Gasteiger partial charge in [-0.2, -0.15) is 0 Å². The van der Waals surface area contributed by atoms with Crippen molar-refractivity contribution in [3.63, 3.8) is 0 Å². The minimum absolute atomic E-state index is 0.199. The van der Waals surface area contributed by atoms with Crippen molar-refractivity contribution in [2.75, 3.05) is 14.2 Å². The number of nitrogens with zero attached hydrogens (tertiary/aromatic N) is 3. The number of hydroxylamine groups is 2. The highest BCUT2D eigenvalue weighted by Gasteiger charge is 2.29. The number of nitrogens with one attached hydrogen (secondary N) is 1. The molecule has 1 N–H and O–H groups in total. The maximum Gasteiger partial charge on any atom is 0.277 e. The lowest BCUT2D eigenvalue weighted by atomic mass is 9.73. The van der Waals surface area contributed by atoms with Crippen LogP contribution in [-0.4, -0.2) is 40.1 Å². The molecule has 0 aliphatic heterocycles. The predicted molar refractivity (Wildman–Crippen MR) is 130 cm³/mol. The van der Waals surface area contributed by atoms with Crippen LogP contribution in [0, 0.1) is 11.7 Å². The molecule has 2 aromatic carbocycles. The number of halogens is 1. The molecule has 1 aliphatic carbocycles. The molecule has 0 bridgehead atoms. The van der Waals surface area contributed by atoms with E-state index in [-0.39, 0.29) is 17.6 Å². The van der Waals surface area contributed by atoms with Crippen LogP contribution in [0.4, 0.5) is 4.39 Å². The van der Waals surface area contributed by atoms with E-state index in [0.29, 0.717) is 17.4 Å². The summed E-state index contributed by atoms with van der Waals surface area (Å²) in [6, 6.07) is 12.4. The lowest BCUT2D eigenvalue weighted by Crippen LogP contribution is -2.25. The molecule has 1 aliphatic rings. The van der Waals surface area contributed by atoms with Crippen LogP contribution in [0.15, 0.2) is 48.7 Å². The summed E-state index contributed by atoms with van der Waals surface area (Å²) in [6.07, 6.45) is 6.14. The number of H-pyrrole nitrogens is 1. The molecule has 0 saturated heterocycles. The molecule has 5 rings (SSSR count). The molecule has 2 heterocycles. The smallest absolute Gasteiger partial charge is 0.277 e. The Morgan fingerprint density at radius 3 is 2.65 bits per heavy atom. The molecule has 7 heteroatoms. The number of hydrogen-bond acceptors (Lipinski definition) is 4. The molecule has 0 spiro atoms. The highest BCUT2D eigenvalue weighted by atomic mass is 19.1. The monoisotopic (exact) mass is 460 g/mol. The van der Waals surface area contributed by atoms with Crippen molar-refractivity contribution >= 4 is 27.8 Å². The molecule has 2 aromatic heterocycles. The Morgan fingerprint density at radius 2 is 1.88 bits per heavy atom. The zero-order valence-corrected chi connectivity index (χ0v) is 19.7. The number of aromatic amines is 1. The first-order valence-corrected chi connectivity index (χ1v) is 11.8. The largest absolute Gasteiger partial charge is 0.342 e. The number of pyridine rings is 1. The number of hydrogen-bond donors (Lipinski definition) is 1. The maximum atomic E-state index is 13.9. The van der Waals surface area contributed by atoms with Gasteiger partial charge in [0.05, 0.1) is 23.7 Å². The summed E-state index contributed by atoms with van der Waals surface area (Å²) >= 11 is 0. The first-order chi connectivity index (χ1) is 16.4. The lowest BCUT2D eigenvalue weighted by Gasteiger charge is -2.32. The average Bonchev–Trinajstić information content (AvgIpc) is 3.30. The van der Waals surface area contributed by atoms with E-state index in [4.69, 9.17) is 9.82 Å². The maximum absolute atomic E-state index is 13.9. The van der Waals surface area contributed by atoms with Crippen molar-refractivity contribution in [3.05, 3.63) is 71.4 Å². The zero-order chi connectivity index (χ0) is 23.8. The minimum atomic E-state index is -0.215. The molecule has 1 unspecified atom stereocenters. The summed E-state index contributed by atoms with van der Waals surface area (Å²) in [5, 5.41) is 2.14. The summed E-state index contributed by atoms with van der Waals surface area (Å²) in [7, 11) is 3.06. The van der Waals surface area contributed by atoms with E-state index in [1.54, 1.807) is 25.2 Å². The molecular formula is C27H29FN4O2. The lowest BCUT2D eigenvalue weighted by molar-refractivity contribution is -0.0756. The summed E-state index contributed by atoms with van der Waals surface area (Å²) in [5.74, 6) is 1.75. The fourth-order valence-corrected chi connectivity index (χ4v) is 5.29. The van der Waals surface area contributed by atoms with Crippen molar-refractivity contribution in [1.29, 1.82) is 0 Å². The molecule has 4 aromatic rings. The van der Waals surface area contributed by atoms with Gasteiger partial charge in [-0.15, -0.1) is 0 Å². The van der Waals surface area contributed by atoms with Crippen LogP contribution in [0.2, 0.25) is 0 Å². The summed E-state index contributed by atoms with van der Waals surface area (Å²) < 4.78 is 13.9. The Kier molecular flexibility index (Phi) is 6.04. The van der Waals surface area contributed by atoms with Gasteiger partial charge in [0, 0.05) is 30.1 Å². The Bertz CT molecular complexity index is 1340. The fraction of sp³-hybridized carbons (Fsp3) is 0.370. The first kappa shape index (κ1) is 22.5. The van der Waals surface area contributed by atoms with Crippen molar-refractivity contribution < 1.29 is 14.0 Å². The highest BCUT2D eigenvalue weighted by Crippen LogP contribution is 2.43. The van der Waals surface area contributed by atoms with Gasteiger partial charge in [-0.3, -0.25) is 14.6 Å². The number of carbonyl (C=O) groups is 1. The van der Waals surface area contributed by atoms with Crippen LogP contribution in [0.25, 0.3) is 21.9 Å². The van der Waals surface area contributed by atoms with Crippen LogP contribution in [0.3, 0.4) is 0 Å². The van der Waals surface area contributed by atoms with Crippen LogP contribution in [0.5, 0.6) is 0 Å². The quantitative estimate of drug-likeness (QED) is 0.373. The van der Waals surface area contributed by atoms with Gasteiger partial charge in [0.2, 0.25) is 0 Å². The normalized spacial score (nSPS) is 19.4. The number of fused-ring (bicyclic) bond motifs is 2. The first-order valence-electron chi connectivity index (χ1n) is 11.8. The zero-order valence-electron chi connectivity index (χ0n) is 19.7. The topological polar surface area (TPSA) is 71.1 Å². The highest BCUT2D eigenvalue weighted by molar-refractivity contribution is 5.96. The predicted octanol–water partition coefficient (Wildman–Crippen LogP) is 5.96. The molecule has 176 valence electrons. The average molecular weight is 461 g/mol. The SMILES string of the molecule is CON(C)C(=O)c1ccc2nc(C(C)C3CCC(c4ccnc5ccc(F)cc45)CC3)[nH]c2c1. The van der Waals surface area contributed by atoms with Crippen molar-refractivity contribution in [1.82, 2.24) is 20.0 Å². The van der Waals surface area contributed by atoms with Crippen molar-refractivity contribution in [3.8, 4) is 0 Å². The molecule has 1 fully saturated rings. The van der Waals surface area contributed by atoms with Crippen LogP contribution >= 0.6 is 0 Å². The molecule has 1 saturated carbocycles. The third-order valence-corrected chi connectivity index (χ3v) is 7.39. The van der Waals surface area contributed by atoms with E-state index in [1.807, 2.05) is 18.3 Å². The summed E-state index contributed by atoms with van der Waals surface area (Å²) in [5.41, 5.74) is 4.33. The third kappa shape index (κ3) is 4.16. The Morgan fingerprint density at radius 1 is 1.12 bits per heavy atom. The van der Waals surface area contributed by atoms with Crippen LogP contribution in [0.1, 0.15) is 66.2 Å². The Hall–Kier alpha value is -3.32. The van der Waals surface area contributed by atoms with E-state index < -0.39 is 0 Å². The Labute approximate surface area is 198 Å². The number of aromatic nitrogens is 3. The molecule has 0 radical (unpaired) electrons. The van der Waals surface area contributed by atoms with Gasteiger partial charge in [0.15, 0.2) is 0 Å². The van der Waals surface area contributed by atoms with Crippen LogP contribution < -0.4 is 0 Å². The van der Waals surface area contributed by atoms with Gasteiger partial charge in [-0.25, -0.2) is 14.4 Å². The number of rotatable bonds is 5. The van der Waals surface area contributed by atoms with Gasteiger partial charge in [0.1, 0.15) is 11.6 Å². The standard InChI is InChI=1S/C27H29FN4O2/c1-16(26-30-24-10-8-19(14-25(24)31-26)27(33)32(2)34-3)17-4-6-18(7-5-17)21-12-13-29-23-11-9-20(28)15-22(21)23/h8-18H,4-7H2,1-3H3,(H,30,31). The molecule has 1 atom stereocenters. The van der Waals surface area contributed by atoms with Crippen molar-refractivity contribution in [2.45, 2.75) is 44.4 Å². The van der Waals surface area contributed by atoms with Gasteiger partial charge in [-0.1, -0.05) is 6.92 Å². The van der Waals surface area contributed by atoms with E-state index >= 15 is 0 Å². The van der Waals surface area contributed by atoms with E-state index in [2.05, 4.69) is 23.0 Å². The molecule has 6 nitrogen and oxygen atoms in total. The van der Waals surface area contributed by atoms with E-state index in [1.165, 1.54) is 23.8 Å². The minimum Gasteiger partial charge on any atom is -0.342 e. The van der Waals surface area contributed by atoms with E-state index in [0.717, 1.165) is 53.4 Å². The molecule has 34 heavy (non-hydrogen) atoms. The second kappa shape index (κ2) is 9.14. The molecular weight excluding hydrogens is 431 g/mol. The number of imidazole rings is 1.